The Balaban J connectivity index is 2.21. The molecule has 0 bridgehead atoms. The molecule has 1 aliphatic carbocycles. The molecule has 3 rings (SSSR count). The zero-order chi connectivity index (χ0) is 18.3. The molecule has 6 nitrogen and oxygen atoms in total. The molecule has 1 aromatic carbocycles. The first kappa shape index (κ1) is 17.6. The van der Waals surface area contributed by atoms with Crippen molar-refractivity contribution in [2.24, 2.45) is 0 Å². The van der Waals surface area contributed by atoms with Gasteiger partial charge in [0.25, 0.3) is 5.56 Å². The summed E-state index contributed by atoms with van der Waals surface area (Å²) in [5, 5.41) is 0. The van der Waals surface area contributed by atoms with Crippen LogP contribution in [0.1, 0.15) is 41.9 Å². The summed E-state index contributed by atoms with van der Waals surface area (Å²) in [4.78, 5) is 39.7. The summed E-state index contributed by atoms with van der Waals surface area (Å²) in [6, 6.07) is 2.20. The lowest BCUT2D eigenvalue weighted by Gasteiger charge is -2.13. The van der Waals surface area contributed by atoms with Gasteiger partial charge in [-0.05, 0) is 61.2 Å². The molecule has 2 aromatic rings. The normalized spacial score (nSPS) is 13.2. The number of carbonyl (C=O) groups is 1. The number of ether oxygens (including phenoxy) is 1. The minimum atomic E-state index is -0.793. The van der Waals surface area contributed by atoms with Crippen LogP contribution in [0.15, 0.2) is 26.2 Å². The van der Waals surface area contributed by atoms with Crippen molar-refractivity contribution < 1.29 is 13.9 Å². The molecule has 132 valence electrons. The van der Waals surface area contributed by atoms with E-state index >= 15 is 0 Å². The Labute approximate surface area is 150 Å². The maximum atomic E-state index is 14.5. The van der Waals surface area contributed by atoms with Gasteiger partial charge >= 0.3 is 11.7 Å². The molecule has 0 saturated heterocycles. The summed E-state index contributed by atoms with van der Waals surface area (Å²) in [5.74, 6) is -1.47. The highest BCUT2D eigenvalue weighted by Gasteiger charge is 2.23. The number of benzene rings is 1. The van der Waals surface area contributed by atoms with E-state index in [1.165, 1.54) is 0 Å². The van der Waals surface area contributed by atoms with Crippen LogP contribution >= 0.6 is 15.9 Å². The van der Waals surface area contributed by atoms with Crippen molar-refractivity contribution in [1.82, 2.24) is 9.55 Å². The van der Waals surface area contributed by atoms with Crippen LogP contribution in [0.5, 0.6) is 0 Å². The van der Waals surface area contributed by atoms with Crippen LogP contribution in [0.2, 0.25) is 0 Å². The highest BCUT2D eigenvalue weighted by molar-refractivity contribution is 9.10. The lowest BCUT2D eigenvalue weighted by molar-refractivity contribution is 0.0376. The standard InChI is InChI=1S/C17H16BrFN2O4/c1-8(2)25-16(23)10-6-14(12(19)7-11(10)18)21-15(22)9-4-3-5-13(9)20-17(21)24/h6-8H,3-5H2,1-2H3,(H,20,24). The van der Waals surface area contributed by atoms with Gasteiger partial charge in [0.1, 0.15) is 5.82 Å². The number of esters is 1. The summed E-state index contributed by atoms with van der Waals surface area (Å²) in [7, 11) is 0. The van der Waals surface area contributed by atoms with Gasteiger partial charge in [0, 0.05) is 15.7 Å². The molecular weight excluding hydrogens is 395 g/mol. The third-order valence-electron chi connectivity index (χ3n) is 3.98. The van der Waals surface area contributed by atoms with Crippen LogP contribution in [-0.2, 0) is 17.6 Å². The molecule has 0 aliphatic heterocycles. The maximum Gasteiger partial charge on any atom is 0.339 e. The molecule has 1 N–H and O–H groups in total. The number of rotatable bonds is 3. The predicted molar refractivity (Wildman–Crippen MR) is 92.9 cm³/mol. The number of halogens is 2. The third-order valence-corrected chi connectivity index (χ3v) is 4.64. The monoisotopic (exact) mass is 410 g/mol. The van der Waals surface area contributed by atoms with Crippen LogP contribution in [0.25, 0.3) is 5.69 Å². The van der Waals surface area contributed by atoms with E-state index < -0.39 is 23.0 Å². The smallest absolute Gasteiger partial charge is 0.339 e. The van der Waals surface area contributed by atoms with Gasteiger partial charge in [-0.2, -0.15) is 0 Å². The van der Waals surface area contributed by atoms with E-state index in [0.29, 0.717) is 24.1 Å². The Hall–Kier alpha value is -2.22. The van der Waals surface area contributed by atoms with Gasteiger partial charge < -0.3 is 9.72 Å². The molecule has 8 heteroatoms. The zero-order valence-electron chi connectivity index (χ0n) is 13.7. The summed E-state index contributed by atoms with van der Waals surface area (Å²) < 4.78 is 20.5. The molecule has 25 heavy (non-hydrogen) atoms. The highest BCUT2D eigenvalue weighted by atomic mass is 79.9. The van der Waals surface area contributed by atoms with Crippen molar-refractivity contribution >= 4 is 21.9 Å². The van der Waals surface area contributed by atoms with Crippen LogP contribution in [0, 0.1) is 5.82 Å². The van der Waals surface area contributed by atoms with E-state index in [2.05, 4.69) is 20.9 Å². The van der Waals surface area contributed by atoms with Crippen molar-refractivity contribution in [2.45, 2.75) is 39.2 Å². The van der Waals surface area contributed by atoms with Crippen LogP contribution in [0.3, 0.4) is 0 Å². The van der Waals surface area contributed by atoms with Gasteiger partial charge in [-0.1, -0.05) is 0 Å². The van der Waals surface area contributed by atoms with E-state index in [0.717, 1.165) is 23.1 Å². The number of fused-ring (bicyclic) bond motifs is 1. The van der Waals surface area contributed by atoms with E-state index in [4.69, 9.17) is 4.74 Å². The van der Waals surface area contributed by atoms with Crippen LogP contribution in [0.4, 0.5) is 4.39 Å². The molecule has 0 unspecified atom stereocenters. The van der Waals surface area contributed by atoms with E-state index in [1.54, 1.807) is 13.8 Å². The number of hydrogen-bond donors (Lipinski definition) is 1. The van der Waals surface area contributed by atoms with Crippen molar-refractivity contribution in [1.29, 1.82) is 0 Å². The van der Waals surface area contributed by atoms with E-state index in [9.17, 15) is 18.8 Å². The SMILES string of the molecule is CC(C)OC(=O)c1cc(-n2c(=O)[nH]c3c(c2=O)CCC3)c(F)cc1Br. The van der Waals surface area contributed by atoms with E-state index in [-0.39, 0.29) is 21.8 Å². The molecule has 1 heterocycles. The number of carbonyl (C=O) groups excluding carboxylic acids is 1. The molecule has 0 atom stereocenters. The topological polar surface area (TPSA) is 81.2 Å². The Kier molecular flexibility index (Phi) is 4.64. The number of aromatic amines is 1. The second kappa shape index (κ2) is 6.59. The van der Waals surface area contributed by atoms with Crippen molar-refractivity contribution in [2.75, 3.05) is 0 Å². The summed E-state index contributed by atoms with van der Waals surface area (Å²) >= 11 is 3.12. The summed E-state index contributed by atoms with van der Waals surface area (Å²) in [6.07, 6.45) is 1.55. The molecule has 1 aromatic heterocycles. The Morgan fingerprint density at radius 2 is 2.04 bits per heavy atom. The van der Waals surface area contributed by atoms with Gasteiger partial charge in [-0.3, -0.25) is 4.79 Å². The molecule has 0 saturated carbocycles. The highest BCUT2D eigenvalue weighted by Crippen LogP contribution is 2.24. The minimum absolute atomic E-state index is 0.0388. The first-order chi connectivity index (χ1) is 11.8. The van der Waals surface area contributed by atoms with Crippen molar-refractivity contribution in [3.8, 4) is 5.69 Å². The number of H-pyrrole nitrogens is 1. The number of hydrogen-bond acceptors (Lipinski definition) is 4. The number of aromatic nitrogens is 2. The Bertz CT molecular complexity index is 978. The van der Waals surface area contributed by atoms with Gasteiger partial charge in [0.2, 0.25) is 0 Å². The second-order valence-corrected chi connectivity index (χ2v) is 6.97. The predicted octanol–water partition coefficient (Wildman–Crippen LogP) is 2.48. The fourth-order valence-electron chi connectivity index (χ4n) is 2.89. The van der Waals surface area contributed by atoms with Crippen molar-refractivity contribution in [3.63, 3.8) is 0 Å². The number of aryl methyl sites for hydroxylation is 1. The lowest BCUT2D eigenvalue weighted by atomic mass is 10.1. The van der Waals surface area contributed by atoms with Crippen molar-refractivity contribution in [3.05, 3.63) is 60.1 Å². The lowest BCUT2D eigenvalue weighted by Crippen LogP contribution is -2.37. The molecule has 0 radical (unpaired) electrons. The van der Waals surface area contributed by atoms with Crippen LogP contribution in [-0.4, -0.2) is 21.6 Å². The quantitative estimate of drug-likeness (QED) is 0.788. The minimum Gasteiger partial charge on any atom is -0.459 e. The van der Waals surface area contributed by atoms with Gasteiger partial charge in [0.15, 0.2) is 0 Å². The number of nitrogens with zero attached hydrogens (tertiary/aromatic N) is 1. The average molecular weight is 411 g/mol. The van der Waals surface area contributed by atoms with Gasteiger partial charge in [-0.25, -0.2) is 18.5 Å². The fourth-order valence-corrected chi connectivity index (χ4v) is 3.37. The number of nitrogens with one attached hydrogen (secondary N) is 1. The van der Waals surface area contributed by atoms with Gasteiger partial charge in [0.05, 0.1) is 17.4 Å². The Morgan fingerprint density at radius 1 is 1.32 bits per heavy atom. The molecule has 1 aliphatic rings. The maximum absolute atomic E-state index is 14.5. The molecule has 0 spiro atoms. The molecule has 0 amide bonds. The Morgan fingerprint density at radius 3 is 2.72 bits per heavy atom. The fraction of sp³-hybridized carbons (Fsp3) is 0.353. The molecular formula is C17H16BrFN2O4. The third kappa shape index (κ3) is 3.18. The van der Waals surface area contributed by atoms with E-state index in [1.807, 2.05) is 0 Å². The van der Waals surface area contributed by atoms with Crippen LogP contribution < -0.4 is 11.2 Å². The second-order valence-electron chi connectivity index (χ2n) is 6.12. The summed E-state index contributed by atoms with van der Waals surface area (Å²) in [6.45, 7) is 3.37. The largest absolute Gasteiger partial charge is 0.459 e. The summed E-state index contributed by atoms with van der Waals surface area (Å²) in [5.41, 5.74) is -0.441. The van der Waals surface area contributed by atoms with Gasteiger partial charge in [-0.15, -0.1) is 0 Å². The average Bonchev–Trinajstić information content (AvgIpc) is 2.96. The first-order valence-corrected chi connectivity index (χ1v) is 8.66. The first-order valence-electron chi connectivity index (χ1n) is 7.87. The zero-order valence-corrected chi connectivity index (χ0v) is 15.3. The molecule has 0 fully saturated rings.